The molecule has 0 heterocycles. The smallest absolute Gasteiger partial charge is 0.00985 e. The predicted octanol–water partition coefficient (Wildman–Crippen LogP) is 2.61. The Kier molecular flexibility index (Phi) is 3.82. The van der Waals surface area contributed by atoms with Crippen molar-refractivity contribution in [2.24, 2.45) is 5.73 Å². The number of aryl methyl sites for hydroxylation is 1. The molecule has 1 aromatic rings. The highest BCUT2D eigenvalue weighted by molar-refractivity contribution is 7.98. The molecule has 2 heteroatoms. The Labute approximate surface area is 84.7 Å². The third-order valence-electron chi connectivity index (χ3n) is 2.02. The van der Waals surface area contributed by atoms with Crippen molar-refractivity contribution < 1.29 is 0 Å². The molecule has 0 aliphatic heterocycles. The fraction of sp³-hybridized carbons (Fsp3) is 0.455. The molecule has 0 saturated heterocycles. The summed E-state index contributed by atoms with van der Waals surface area (Å²) < 4.78 is 0. The minimum atomic E-state index is 0.250. The fourth-order valence-electron chi connectivity index (χ4n) is 1.44. The lowest BCUT2D eigenvalue weighted by Crippen LogP contribution is -2.17. The van der Waals surface area contributed by atoms with Crippen molar-refractivity contribution >= 4 is 11.8 Å². The summed E-state index contributed by atoms with van der Waals surface area (Å²) in [4.78, 5) is 1.36. The minimum absolute atomic E-state index is 0.250. The van der Waals surface area contributed by atoms with Crippen LogP contribution in [0.1, 0.15) is 18.1 Å². The first-order valence-electron chi connectivity index (χ1n) is 4.52. The number of benzene rings is 1. The molecule has 13 heavy (non-hydrogen) atoms. The topological polar surface area (TPSA) is 26.0 Å². The van der Waals surface area contributed by atoms with Gasteiger partial charge in [0.05, 0.1) is 0 Å². The van der Waals surface area contributed by atoms with E-state index < -0.39 is 0 Å². The van der Waals surface area contributed by atoms with Crippen LogP contribution in [-0.2, 0) is 6.42 Å². The Hall–Kier alpha value is -0.470. The van der Waals surface area contributed by atoms with Crippen LogP contribution < -0.4 is 5.73 Å². The van der Waals surface area contributed by atoms with Gasteiger partial charge in [-0.2, -0.15) is 0 Å². The Morgan fingerprint density at radius 3 is 2.62 bits per heavy atom. The van der Waals surface area contributed by atoms with E-state index in [1.807, 2.05) is 6.92 Å². The zero-order valence-corrected chi connectivity index (χ0v) is 9.32. The normalized spacial score (nSPS) is 12.9. The van der Waals surface area contributed by atoms with Crippen LogP contribution in [0.15, 0.2) is 23.1 Å². The molecular weight excluding hydrogens is 178 g/mol. The lowest BCUT2D eigenvalue weighted by Gasteiger charge is -2.08. The summed E-state index contributed by atoms with van der Waals surface area (Å²) in [5.74, 6) is 0. The van der Waals surface area contributed by atoms with Crippen molar-refractivity contribution in [2.75, 3.05) is 6.26 Å². The average molecular weight is 195 g/mol. The molecule has 0 bridgehead atoms. The summed E-state index contributed by atoms with van der Waals surface area (Å²) in [5.41, 5.74) is 8.43. The largest absolute Gasteiger partial charge is 0.328 e. The summed E-state index contributed by atoms with van der Waals surface area (Å²) in [6.45, 7) is 4.19. The van der Waals surface area contributed by atoms with E-state index in [1.165, 1.54) is 16.0 Å². The van der Waals surface area contributed by atoms with Gasteiger partial charge in [0, 0.05) is 10.9 Å². The Morgan fingerprint density at radius 1 is 1.46 bits per heavy atom. The third kappa shape index (κ3) is 3.05. The van der Waals surface area contributed by atoms with Gasteiger partial charge in [0.25, 0.3) is 0 Å². The monoisotopic (exact) mass is 195 g/mol. The molecular formula is C11H17NS. The van der Waals surface area contributed by atoms with E-state index in [2.05, 4.69) is 31.4 Å². The Morgan fingerprint density at radius 2 is 2.15 bits per heavy atom. The van der Waals surface area contributed by atoms with Crippen LogP contribution in [0.4, 0.5) is 0 Å². The quantitative estimate of drug-likeness (QED) is 0.750. The van der Waals surface area contributed by atoms with Crippen LogP contribution in [-0.4, -0.2) is 12.3 Å². The second kappa shape index (κ2) is 4.68. The molecule has 0 aromatic heterocycles. The van der Waals surface area contributed by atoms with Crippen molar-refractivity contribution in [2.45, 2.75) is 31.2 Å². The van der Waals surface area contributed by atoms with Crippen LogP contribution in [0.25, 0.3) is 0 Å². The van der Waals surface area contributed by atoms with E-state index in [-0.39, 0.29) is 6.04 Å². The molecule has 0 aliphatic rings. The molecule has 0 radical (unpaired) electrons. The molecule has 2 N–H and O–H groups in total. The molecule has 1 atom stereocenters. The van der Waals surface area contributed by atoms with Crippen molar-refractivity contribution in [3.8, 4) is 0 Å². The number of thioether (sulfide) groups is 1. The fourth-order valence-corrected chi connectivity index (χ4v) is 2.02. The number of nitrogens with two attached hydrogens (primary N) is 1. The average Bonchev–Trinajstić information content (AvgIpc) is 2.03. The summed E-state index contributed by atoms with van der Waals surface area (Å²) in [6, 6.07) is 6.83. The molecule has 0 spiro atoms. The standard InChI is InChI=1S/C11H17NS/c1-8-6-10(7-9(2)12)4-5-11(8)13-3/h4-6,9H,7,12H2,1-3H3. The van der Waals surface area contributed by atoms with Crippen molar-refractivity contribution in [1.82, 2.24) is 0 Å². The highest BCUT2D eigenvalue weighted by atomic mass is 32.2. The number of rotatable bonds is 3. The molecule has 1 nitrogen and oxygen atoms in total. The van der Waals surface area contributed by atoms with Gasteiger partial charge in [0.15, 0.2) is 0 Å². The van der Waals surface area contributed by atoms with Crippen LogP contribution in [0, 0.1) is 6.92 Å². The van der Waals surface area contributed by atoms with E-state index in [4.69, 9.17) is 5.73 Å². The van der Waals surface area contributed by atoms with Crippen LogP contribution in [0.5, 0.6) is 0 Å². The van der Waals surface area contributed by atoms with Crippen molar-refractivity contribution in [3.63, 3.8) is 0 Å². The second-order valence-corrected chi connectivity index (χ2v) is 4.33. The second-order valence-electron chi connectivity index (χ2n) is 3.49. The SMILES string of the molecule is CSc1ccc(CC(C)N)cc1C. The maximum Gasteiger partial charge on any atom is 0.00985 e. The van der Waals surface area contributed by atoms with Gasteiger partial charge >= 0.3 is 0 Å². The number of hydrogen-bond donors (Lipinski definition) is 1. The van der Waals surface area contributed by atoms with Crippen molar-refractivity contribution in [3.05, 3.63) is 29.3 Å². The van der Waals surface area contributed by atoms with Gasteiger partial charge in [0.1, 0.15) is 0 Å². The van der Waals surface area contributed by atoms with Crippen LogP contribution >= 0.6 is 11.8 Å². The number of hydrogen-bond acceptors (Lipinski definition) is 2. The zero-order valence-electron chi connectivity index (χ0n) is 8.50. The van der Waals surface area contributed by atoms with E-state index in [0.29, 0.717) is 0 Å². The van der Waals surface area contributed by atoms with Gasteiger partial charge < -0.3 is 5.73 Å². The van der Waals surface area contributed by atoms with Gasteiger partial charge in [0.2, 0.25) is 0 Å². The van der Waals surface area contributed by atoms with E-state index in [1.54, 1.807) is 11.8 Å². The molecule has 0 amide bonds. The zero-order chi connectivity index (χ0) is 9.84. The molecule has 1 unspecified atom stereocenters. The molecule has 0 aliphatic carbocycles. The first-order valence-corrected chi connectivity index (χ1v) is 5.75. The van der Waals surface area contributed by atoms with E-state index in [9.17, 15) is 0 Å². The van der Waals surface area contributed by atoms with Crippen LogP contribution in [0.2, 0.25) is 0 Å². The van der Waals surface area contributed by atoms with E-state index in [0.717, 1.165) is 6.42 Å². The maximum atomic E-state index is 5.74. The summed E-state index contributed by atoms with van der Waals surface area (Å²) in [5, 5.41) is 0. The van der Waals surface area contributed by atoms with Crippen molar-refractivity contribution in [1.29, 1.82) is 0 Å². The lowest BCUT2D eigenvalue weighted by atomic mass is 10.1. The van der Waals surface area contributed by atoms with E-state index >= 15 is 0 Å². The summed E-state index contributed by atoms with van der Waals surface area (Å²) >= 11 is 1.79. The lowest BCUT2D eigenvalue weighted by molar-refractivity contribution is 0.737. The minimum Gasteiger partial charge on any atom is -0.328 e. The molecule has 1 rings (SSSR count). The highest BCUT2D eigenvalue weighted by Crippen LogP contribution is 2.20. The summed E-state index contributed by atoms with van der Waals surface area (Å²) in [7, 11) is 0. The van der Waals surface area contributed by atoms with Gasteiger partial charge in [-0.05, 0) is 43.7 Å². The highest BCUT2D eigenvalue weighted by Gasteiger charge is 2.00. The molecule has 72 valence electrons. The molecule has 1 aromatic carbocycles. The Balaban J connectivity index is 2.83. The van der Waals surface area contributed by atoms with Gasteiger partial charge in [-0.15, -0.1) is 11.8 Å². The molecule has 0 saturated carbocycles. The Bertz CT molecular complexity index is 281. The van der Waals surface area contributed by atoms with Crippen LogP contribution in [0.3, 0.4) is 0 Å². The van der Waals surface area contributed by atoms with Gasteiger partial charge in [-0.25, -0.2) is 0 Å². The first-order chi connectivity index (χ1) is 6.13. The maximum absolute atomic E-state index is 5.74. The predicted molar refractivity (Wildman–Crippen MR) is 60.3 cm³/mol. The third-order valence-corrected chi connectivity index (χ3v) is 2.91. The first kappa shape index (κ1) is 10.6. The van der Waals surface area contributed by atoms with Gasteiger partial charge in [-0.1, -0.05) is 12.1 Å². The molecule has 0 fully saturated rings. The van der Waals surface area contributed by atoms with Gasteiger partial charge in [-0.3, -0.25) is 0 Å². The summed E-state index contributed by atoms with van der Waals surface area (Å²) in [6.07, 6.45) is 3.07.